The van der Waals surface area contributed by atoms with E-state index < -0.39 is 0 Å². The van der Waals surface area contributed by atoms with E-state index in [0.29, 0.717) is 5.92 Å². The van der Waals surface area contributed by atoms with Crippen LogP contribution in [0, 0.1) is 0 Å². The molecule has 4 heteroatoms. The minimum Gasteiger partial charge on any atom is -0.493 e. The van der Waals surface area contributed by atoms with Crippen LogP contribution in [0.1, 0.15) is 17.9 Å². The summed E-state index contributed by atoms with van der Waals surface area (Å²) in [5, 5.41) is 4.22. The van der Waals surface area contributed by atoms with Crippen LogP contribution in [0.25, 0.3) is 0 Å². The van der Waals surface area contributed by atoms with E-state index in [-0.39, 0.29) is 0 Å². The summed E-state index contributed by atoms with van der Waals surface area (Å²) in [6.07, 6.45) is 1.03. The molecule has 3 rings (SSSR count). The standard InChI is InChI=1S/C16H15BrClNO/c17-14-6-5-12(18)9-15(14)19-10-11-7-8-20-16-4-2-1-3-13(11)16/h1-6,9,11,19H,7-8,10H2. The third-order valence-corrected chi connectivity index (χ3v) is 4.48. The fraction of sp³-hybridized carbons (Fsp3) is 0.250. The van der Waals surface area contributed by atoms with E-state index >= 15 is 0 Å². The van der Waals surface area contributed by atoms with Gasteiger partial charge in [-0.2, -0.15) is 0 Å². The summed E-state index contributed by atoms with van der Waals surface area (Å²) < 4.78 is 6.72. The van der Waals surface area contributed by atoms with Gasteiger partial charge < -0.3 is 10.1 Å². The third kappa shape index (κ3) is 2.94. The maximum absolute atomic E-state index is 6.04. The number of hydrogen-bond donors (Lipinski definition) is 1. The second kappa shape index (κ2) is 6.06. The van der Waals surface area contributed by atoms with Crippen LogP contribution in [-0.4, -0.2) is 13.2 Å². The van der Waals surface area contributed by atoms with E-state index in [1.165, 1.54) is 5.56 Å². The van der Waals surface area contributed by atoms with E-state index in [1.807, 2.05) is 30.3 Å². The van der Waals surface area contributed by atoms with Crippen molar-refractivity contribution < 1.29 is 4.74 Å². The van der Waals surface area contributed by atoms with Crippen LogP contribution in [0.4, 0.5) is 5.69 Å². The fourth-order valence-corrected chi connectivity index (χ4v) is 3.05. The summed E-state index contributed by atoms with van der Waals surface area (Å²) in [7, 11) is 0. The first-order chi connectivity index (χ1) is 9.74. The lowest BCUT2D eigenvalue weighted by Gasteiger charge is -2.26. The van der Waals surface area contributed by atoms with Gasteiger partial charge in [0.05, 0.1) is 6.61 Å². The number of para-hydroxylation sites is 1. The van der Waals surface area contributed by atoms with Gasteiger partial charge in [0.2, 0.25) is 0 Å². The second-order valence-corrected chi connectivity index (χ2v) is 6.17. The Balaban J connectivity index is 1.75. The van der Waals surface area contributed by atoms with Crippen molar-refractivity contribution >= 4 is 33.2 Å². The van der Waals surface area contributed by atoms with Gasteiger partial charge in [0.25, 0.3) is 0 Å². The predicted octanol–water partition coefficient (Wildman–Crippen LogP) is 5.08. The minimum absolute atomic E-state index is 0.464. The molecule has 0 aliphatic carbocycles. The predicted molar refractivity (Wildman–Crippen MR) is 86.9 cm³/mol. The van der Waals surface area contributed by atoms with E-state index in [9.17, 15) is 0 Å². The van der Waals surface area contributed by atoms with Gasteiger partial charge in [0.1, 0.15) is 5.75 Å². The van der Waals surface area contributed by atoms with E-state index in [2.05, 4.69) is 33.4 Å². The Labute approximate surface area is 132 Å². The maximum atomic E-state index is 6.04. The first-order valence-electron chi connectivity index (χ1n) is 6.64. The van der Waals surface area contributed by atoms with Crippen LogP contribution in [0.2, 0.25) is 5.02 Å². The SMILES string of the molecule is Clc1ccc(Br)c(NCC2CCOc3ccccc32)c1. The molecule has 1 N–H and O–H groups in total. The molecule has 2 aromatic rings. The summed E-state index contributed by atoms with van der Waals surface area (Å²) in [4.78, 5) is 0. The number of halogens is 2. The molecule has 1 aliphatic heterocycles. The topological polar surface area (TPSA) is 21.3 Å². The number of ether oxygens (including phenoxy) is 1. The smallest absolute Gasteiger partial charge is 0.122 e. The Kier molecular flexibility index (Phi) is 4.18. The van der Waals surface area contributed by atoms with E-state index in [4.69, 9.17) is 16.3 Å². The van der Waals surface area contributed by atoms with Crippen LogP contribution in [0.5, 0.6) is 5.75 Å². The lowest BCUT2D eigenvalue weighted by molar-refractivity contribution is 0.270. The van der Waals surface area contributed by atoms with Crippen molar-refractivity contribution in [1.29, 1.82) is 0 Å². The quantitative estimate of drug-likeness (QED) is 0.831. The molecular formula is C16H15BrClNO. The normalized spacial score (nSPS) is 17.2. The van der Waals surface area contributed by atoms with Gasteiger partial charge in [-0.25, -0.2) is 0 Å². The zero-order valence-electron chi connectivity index (χ0n) is 10.9. The van der Waals surface area contributed by atoms with Crippen molar-refractivity contribution in [3.05, 3.63) is 57.5 Å². The molecule has 104 valence electrons. The molecule has 1 aliphatic rings. The molecule has 2 nitrogen and oxygen atoms in total. The van der Waals surface area contributed by atoms with Crippen molar-refractivity contribution in [2.45, 2.75) is 12.3 Å². The summed E-state index contributed by atoms with van der Waals surface area (Å²) in [6, 6.07) is 14.0. The van der Waals surface area contributed by atoms with Gasteiger partial charge in [-0.1, -0.05) is 29.8 Å². The number of hydrogen-bond acceptors (Lipinski definition) is 2. The number of rotatable bonds is 3. The highest BCUT2D eigenvalue weighted by Gasteiger charge is 2.20. The second-order valence-electron chi connectivity index (χ2n) is 4.88. The number of benzene rings is 2. The fourth-order valence-electron chi connectivity index (χ4n) is 2.49. The maximum Gasteiger partial charge on any atom is 0.122 e. The lowest BCUT2D eigenvalue weighted by atomic mass is 9.93. The zero-order chi connectivity index (χ0) is 13.9. The van der Waals surface area contributed by atoms with Crippen LogP contribution >= 0.6 is 27.5 Å². The first-order valence-corrected chi connectivity index (χ1v) is 7.82. The molecule has 0 bridgehead atoms. The molecule has 1 heterocycles. The summed E-state index contributed by atoms with van der Waals surface area (Å²) in [5.74, 6) is 1.47. The molecule has 1 atom stereocenters. The Hall–Kier alpha value is -1.19. The van der Waals surface area contributed by atoms with Crippen molar-refractivity contribution in [2.24, 2.45) is 0 Å². The molecule has 0 amide bonds. The van der Waals surface area contributed by atoms with Crippen LogP contribution in [0.3, 0.4) is 0 Å². The molecule has 0 aromatic heterocycles. The monoisotopic (exact) mass is 351 g/mol. The zero-order valence-corrected chi connectivity index (χ0v) is 13.2. The van der Waals surface area contributed by atoms with Crippen LogP contribution in [0.15, 0.2) is 46.9 Å². The molecular weight excluding hydrogens is 338 g/mol. The van der Waals surface area contributed by atoms with Crippen molar-refractivity contribution in [3.63, 3.8) is 0 Å². The van der Waals surface area contributed by atoms with Crippen molar-refractivity contribution in [2.75, 3.05) is 18.5 Å². The van der Waals surface area contributed by atoms with Crippen molar-refractivity contribution in [3.8, 4) is 5.75 Å². The Bertz CT molecular complexity index is 617. The van der Waals surface area contributed by atoms with Gasteiger partial charge in [0, 0.05) is 27.6 Å². The summed E-state index contributed by atoms with van der Waals surface area (Å²) in [5.41, 5.74) is 2.31. The molecule has 0 saturated heterocycles. The largest absolute Gasteiger partial charge is 0.493 e. The Morgan fingerprint density at radius 3 is 3.00 bits per heavy atom. The highest BCUT2D eigenvalue weighted by atomic mass is 79.9. The molecule has 0 spiro atoms. The van der Waals surface area contributed by atoms with Gasteiger partial charge >= 0.3 is 0 Å². The average molecular weight is 353 g/mol. The van der Waals surface area contributed by atoms with E-state index in [0.717, 1.165) is 40.5 Å². The molecule has 2 aromatic carbocycles. The van der Waals surface area contributed by atoms with Gasteiger partial charge in [-0.15, -0.1) is 0 Å². The molecule has 0 fully saturated rings. The lowest BCUT2D eigenvalue weighted by Crippen LogP contribution is -2.20. The molecule has 0 saturated carbocycles. The molecule has 20 heavy (non-hydrogen) atoms. The van der Waals surface area contributed by atoms with Crippen LogP contribution < -0.4 is 10.1 Å². The number of fused-ring (bicyclic) bond motifs is 1. The van der Waals surface area contributed by atoms with Gasteiger partial charge in [-0.05, 0) is 52.2 Å². The summed E-state index contributed by atoms with van der Waals surface area (Å²) in [6.45, 7) is 1.65. The third-order valence-electron chi connectivity index (χ3n) is 3.55. The van der Waals surface area contributed by atoms with Crippen molar-refractivity contribution in [1.82, 2.24) is 0 Å². The average Bonchev–Trinajstić information content (AvgIpc) is 2.48. The minimum atomic E-state index is 0.464. The Morgan fingerprint density at radius 1 is 1.25 bits per heavy atom. The van der Waals surface area contributed by atoms with E-state index in [1.54, 1.807) is 0 Å². The summed E-state index contributed by atoms with van der Waals surface area (Å²) >= 11 is 9.58. The first kappa shape index (κ1) is 13.8. The Morgan fingerprint density at radius 2 is 2.10 bits per heavy atom. The highest BCUT2D eigenvalue weighted by Crippen LogP contribution is 2.34. The highest BCUT2D eigenvalue weighted by molar-refractivity contribution is 9.10. The number of anilines is 1. The molecule has 0 radical (unpaired) electrons. The van der Waals surface area contributed by atoms with Crippen LogP contribution in [-0.2, 0) is 0 Å². The van der Waals surface area contributed by atoms with Gasteiger partial charge in [-0.3, -0.25) is 0 Å². The number of nitrogens with one attached hydrogen (secondary N) is 1. The van der Waals surface area contributed by atoms with Gasteiger partial charge in [0.15, 0.2) is 0 Å². The molecule has 1 unspecified atom stereocenters.